The molecule has 1 aliphatic rings. The summed E-state index contributed by atoms with van der Waals surface area (Å²) in [5.74, 6) is -0.881. The summed E-state index contributed by atoms with van der Waals surface area (Å²) in [7, 11) is -3.83. The lowest BCUT2D eigenvalue weighted by Crippen LogP contribution is -2.50. The summed E-state index contributed by atoms with van der Waals surface area (Å²) in [6.45, 7) is 2.32. The number of amides is 2. The van der Waals surface area contributed by atoms with E-state index in [-0.39, 0.29) is 22.6 Å². The standard InChI is InChI=1S/C19H23N3O4S/c1-13(19(24)22-10-8-15(9-11-22)18(20)23)21-27(25,26)17-7-6-14-4-2-3-5-16(14)12-17/h2-7,12-13,15,21H,8-11H2,1H3,(H2,20,23)/t13-/m1/s1. The number of carbonyl (C=O) groups is 2. The third-order valence-electron chi connectivity index (χ3n) is 4.94. The number of primary amides is 1. The van der Waals surface area contributed by atoms with Gasteiger partial charge < -0.3 is 10.6 Å². The molecule has 0 bridgehead atoms. The molecule has 7 nitrogen and oxygen atoms in total. The first-order chi connectivity index (χ1) is 12.8. The van der Waals surface area contributed by atoms with Crippen LogP contribution in [0.15, 0.2) is 47.4 Å². The molecule has 0 spiro atoms. The van der Waals surface area contributed by atoms with Crippen LogP contribution in [-0.2, 0) is 19.6 Å². The molecule has 1 fully saturated rings. The van der Waals surface area contributed by atoms with Crippen molar-refractivity contribution in [3.05, 3.63) is 42.5 Å². The van der Waals surface area contributed by atoms with Gasteiger partial charge in [-0.1, -0.05) is 30.3 Å². The number of piperidine rings is 1. The number of hydrogen-bond donors (Lipinski definition) is 2. The van der Waals surface area contributed by atoms with Crippen LogP contribution >= 0.6 is 0 Å². The van der Waals surface area contributed by atoms with Crippen LogP contribution in [0.5, 0.6) is 0 Å². The van der Waals surface area contributed by atoms with Crippen molar-refractivity contribution < 1.29 is 18.0 Å². The fourth-order valence-electron chi connectivity index (χ4n) is 3.34. The second-order valence-electron chi connectivity index (χ2n) is 6.85. The molecule has 2 aromatic carbocycles. The van der Waals surface area contributed by atoms with Crippen molar-refractivity contribution in [1.82, 2.24) is 9.62 Å². The molecule has 0 aromatic heterocycles. The van der Waals surface area contributed by atoms with Gasteiger partial charge >= 0.3 is 0 Å². The van der Waals surface area contributed by atoms with Gasteiger partial charge in [-0.15, -0.1) is 0 Å². The van der Waals surface area contributed by atoms with Crippen LogP contribution in [0.2, 0.25) is 0 Å². The third-order valence-corrected chi connectivity index (χ3v) is 6.48. The first-order valence-electron chi connectivity index (χ1n) is 8.87. The van der Waals surface area contributed by atoms with Gasteiger partial charge in [0.1, 0.15) is 0 Å². The molecule has 0 radical (unpaired) electrons. The normalized spacial score (nSPS) is 17.0. The smallest absolute Gasteiger partial charge is 0.241 e. The Bertz CT molecular complexity index is 966. The minimum atomic E-state index is -3.83. The number of fused-ring (bicyclic) bond motifs is 1. The van der Waals surface area contributed by atoms with E-state index < -0.39 is 16.1 Å². The van der Waals surface area contributed by atoms with E-state index in [1.54, 1.807) is 17.0 Å². The maximum Gasteiger partial charge on any atom is 0.241 e. The number of benzene rings is 2. The lowest BCUT2D eigenvalue weighted by Gasteiger charge is -2.32. The van der Waals surface area contributed by atoms with Gasteiger partial charge in [-0.2, -0.15) is 4.72 Å². The molecule has 27 heavy (non-hydrogen) atoms. The van der Waals surface area contributed by atoms with Crippen molar-refractivity contribution >= 4 is 32.6 Å². The molecule has 0 unspecified atom stereocenters. The summed E-state index contributed by atoms with van der Waals surface area (Å²) in [5.41, 5.74) is 5.30. The SMILES string of the molecule is C[C@@H](NS(=O)(=O)c1ccc2ccccc2c1)C(=O)N1CCC(C(N)=O)CC1. The van der Waals surface area contributed by atoms with Gasteiger partial charge in [0.15, 0.2) is 0 Å². The van der Waals surface area contributed by atoms with Crippen molar-refractivity contribution in [3.8, 4) is 0 Å². The number of nitrogens with one attached hydrogen (secondary N) is 1. The Morgan fingerprint density at radius 2 is 1.74 bits per heavy atom. The van der Waals surface area contributed by atoms with E-state index in [9.17, 15) is 18.0 Å². The van der Waals surface area contributed by atoms with E-state index in [1.807, 2.05) is 24.3 Å². The number of nitrogens with two attached hydrogens (primary N) is 1. The summed E-state index contributed by atoms with van der Waals surface area (Å²) in [5, 5.41) is 1.76. The molecule has 0 saturated carbocycles. The number of likely N-dealkylation sites (tertiary alicyclic amines) is 1. The van der Waals surface area contributed by atoms with E-state index in [1.165, 1.54) is 13.0 Å². The molecule has 1 saturated heterocycles. The zero-order chi connectivity index (χ0) is 19.6. The third kappa shape index (κ3) is 4.28. The second kappa shape index (κ2) is 7.66. The molecular formula is C19H23N3O4S. The van der Waals surface area contributed by atoms with Gasteiger partial charge in [0, 0.05) is 19.0 Å². The van der Waals surface area contributed by atoms with Gasteiger partial charge in [0.05, 0.1) is 10.9 Å². The van der Waals surface area contributed by atoms with Crippen LogP contribution in [0.3, 0.4) is 0 Å². The Kier molecular flexibility index (Phi) is 5.48. The molecule has 1 heterocycles. The number of hydrogen-bond acceptors (Lipinski definition) is 4. The monoisotopic (exact) mass is 389 g/mol. The van der Waals surface area contributed by atoms with Gasteiger partial charge in [0.2, 0.25) is 21.8 Å². The highest BCUT2D eigenvalue weighted by molar-refractivity contribution is 7.89. The highest BCUT2D eigenvalue weighted by atomic mass is 32.2. The Hall–Kier alpha value is -2.45. The Morgan fingerprint density at radius 1 is 1.11 bits per heavy atom. The van der Waals surface area contributed by atoms with E-state index >= 15 is 0 Å². The summed E-state index contributed by atoms with van der Waals surface area (Å²) in [6, 6.07) is 11.4. The van der Waals surface area contributed by atoms with Crippen LogP contribution in [0.1, 0.15) is 19.8 Å². The van der Waals surface area contributed by atoms with Crippen molar-refractivity contribution in [2.24, 2.45) is 11.7 Å². The number of nitrogens with zero attached hydrogens (tertiary/aromatic N) is 1. The largest absolute Gasteiger partial charge is 0.369 e. The number of sulfonamides is 1. The highest BCUT2D eigenvalue weighted by Crippen LogP contribution is 2.20. The van der Waals surface area contributed by atoms with Crippen molar-refractivity contribution in [2.75, 3.05) is 13.1 Å². The van der Waals surface area contributed by atoms with Gasteiger partial charge in [-0.3, -0.25) is 9.59 Å². The van der Waals surface area contributed by atoms with Crippen LogP contribution in [0.4, 0.5) is 0 Å². The van der Waals surface area contributed by atoms with E-state index in [0.717, 1.165) is 10.8 Å². The van der Waals surface area contributed by atoms with Crippen molar-refractivity contribution in [3.63, 3.8) is 0 Å². The average Bonchev–Trinajstić information content (AvgIpc) is 2.66. The minimum Gasteiger partial charge on any atom is -0.369 e. The van der Waals surface area contributed by atoms with Gasteiger partial charge in [-0.25, -0.2) is 8.42 Å². The van der Waals surface area contributed by atoms with E-state index in [0.29, 0.717) is 25.9 Å². The number of carbonyl (C=O) groups excluding carboxylic acids is 2. The van der Waals surface area contributed by atoms with Gasteiger partial charge in [0.25, 0.3) is 0 Å². The Labute approximate surface area is 158 Å². The topological polar surface area (TPSA) is 110 Å². The maximum absolute atomic E-state index is 12.7. The van der Waals surface area contributed by atoms with Crippen LogP contribution in [0, 0.1) is 5.92 Å². The molecule has 0 aliphatic carbocycles. The van der Waals surface area contributed by atoms with Crippen LogP contribution in [-0.4, -0.2) is 44.3 Å². The van der Waals surface area contributed by atoms with E-state index in [2.05, 4.69) is 4.72 Å². The summed E-state index contributed by atoms with van der Waals surface area (Å²) in [6.07, 6.45) is 1.01. The fourth-order valence-corrected chi connectivity index (χ4v) is 4.58. The Balaban J connectivity index is 1.69. The molecular weight excluding hydrogens is 366 g/mol. The van der Waals surface area contributed by atoms with Crippen molar-refractivity contribution in [1.29, 1.82) is 0 Å². The summed E-state index contributed by atoms with van der Waals surface area (Å²) >= 11 is 0. The lowest BCUT2D eigenvalue weighted by molar-refractivity contribution is -0.136. The summed E-state index contributed by atoms with van der Waals surface area (Å²) < 4.78 is 27.8. The predicted octanol–water partition coefficient (Wildman–Crippen LogP) is 1.23. The first-order valence-corrected chi connectivity index (χ1v) is 10.4. The summed E-state index contributed by atoms with van der Waals surface area (Å²) in [4.78, 5) is 25.5. The molecule has 2 aromatic rings. The zero-order valence-corrected chi connectivity index (χ0v) is 15.9. The fraction of sp³-hybridized carbons (Fsp3) is 0.368. The molecule has 144 valence electrons. The molecule has 3 N–H and O–H groups in total. The predicted molar refractivity (Wildman–Crippen MR) is 102 cm³/mol. The lowest BCUT2D eigenvalue weighted by atomic mass is 9.96. The quantitative estimate of drug-likeness (QED) is 0.801. The second-order valence-corrected chi connectivity index (χ2v) is 8.57. The molecule has 8 heteroatoms. The minimum absolute atomic E-state index is 0.119. The molecule has 3 rings (SSSR count). The molecule has 1 atom stereocenters. The maximum atomic E-state index is 12.7. The Morgan fingerprint density at radius 3 is 2.37 bits per heavy atom. The van der Waals surface area contributed by atoms with Crippen molar-refractivity contribution in [2.45, 2.75) is 30.7 Å². The van der Waals surface area contributed by atoms with Gasteiger partial charge in [-0.05, 0) is 42.7 Å². The van der Waals surface area contributed by atoms with E-state index in [4.69, 9.17) is 5.73 Å². The first kappa shape index (κ1) is 19.3. The molecule has 2 amide bonds. The molecule has 1 aliphatic heterocycles. The van der Waals surface area contributed by atoms with Crippen LogP contribution in [0.25, 0.3) is 10.8 Å². The highest BCUT2D eigenvalue weighted by Gasteiger charge is 2.30. The zero-order valence-electron chi connectivity index (χ0n) is 15.1. The van der Waals surface area contributed by atoms with Crippen LogP contribution < -0.4 is 10.5 Å². The average molecular weight is 389 g/mol. The number of rotatable bonds is 5.